The van der Waals surface area contributed by atoms with Gasteiger partial charge in [0.05, 0.1) is 11.2 Å². The Balaban J connectivity index is 1.20. The predicted octanol–water partition coefficient (Wildman–Crippen LogP) is 6.04. The van der Waals surface area contributed by atoms with E-state index in [0.29, 0.717) is 28.2 Å². The van der Waals surface area contributed by atoms with Gasteiger partial charge in [-0.15, -0.1) is 0 Å². The molecule has 1 aromatic carbocycles. The van der Waals surface area contributed by atoms with Crippen molar-refractivity contribution < 1.29 is 4.39 Å². The summed E-state index contributed by atoms with van der Waals surface area (Å²) in [5.41, 5.74) is 8.07. The van der Waals surface area contributed by atoms with Gasteiger partial charge in [0, 0.05) is 36.3 Å². The summed E-state index contributed by atoms with van der Waals surface area (Å²) in [5, 5.41) is 11.2. The minimum Gasteiger partial charge on any atom is -0.321 e. The Morgan fingerprint density at radius 1 is 0.923 bits per heavy atom. The number of imidazole rings is 1. The van der Waals surface area contributed by atoms with Crippen LogP contribution in [-0.4, -0.2) is 41.7 Å². The second-order valence-corrected chi connectivity index (χ2v) is 10.2. The van der Waals surface area contributed by atoms with E-state index in [4.69, 9.17) is 9.97 Å². The molecule has 0 amide bonds. The predicted molar refractivity (Wildman–Crippen MR) is 149 cm³/mol. The Morgan fingerprint density at radius 3 is 2.67 bits per heavy atom. The molecular weight excluding hydrogens is 491 g/mol. The van der Waals surface area contributed by atoms with Gasteiger partial charge in [0.2, 0.25) is 0 Å². The lowest BCUT2D eigenvalue weighted by molar-refractivity contribution is 0.489. The second-order valence-electron chi connectivity index (χ2n) is 10.2. The lowest BCUT2D eigenvalue weighted by Gasteiger charge is -2.11. The molecule has 6 aromatic rings. The highest BCUT2D eigenvalue weighted by atomic mass is 19.1. The Labute approximate surface area is 224 Å². The van der Waals surface area contributed by atoms with E-state index >= 15 is 0 Å². The van der Waals surface area contributed by atoms with Crippen molar-refractivity contribution in [3.05, 3.63) is 78.5 Å². The van der Waals surface area contributed by atoms with Crippen LogP contribution in [0.1, 0.15) is 31.2 Å². The Bertz CT molecular complexity index is 1770. The van der Waals surface area contributed by atoms with Crippen LogP contribution in [-0.2, 0) is 6.54 Å². The first-order valence-electron chi connectivity index (χ1n) is 13.3. The van der Waals surface area contributed by atoms with E-state index in [1.54, 1.807) is 18.3 Å². The number of rotatable bonds is 7. The summed E-state index contributed by atoms with van der Waals surface area (Å²) in [6.45, 7) is 1.85. The SMILES string of the molecule is Fc1ccc(-c2ccnc3[nH]c(-c4n[nH]c5ccc(-c6cncc(CNCC7CCCC7)c6)nc45)nc23)cc1. The fraction of sp³-hybridized carbons (Fsp3) is 0.233. The first-order chi connectivity index (χ1) is 19.2. The van der Waals surface area contributed by atoms with Gasteiger partial charge >= 0.3 is 0 Å². The molecule has 5 aromatic heterocycles. The molecule has 0 unspecified atom stereocenters. The van der Waals surface area contributed by atoms with Gasteiger partial charge in [-0.05, 0) is 72.8 Å². The van der Waals surface area contributed by atoms with Crippen molar-refractivity contribution in [1.82, 2.24) is 40.4 Å². The van der Waals surface area contributed by atoms with Gasteiger partial charge in [0.1, 0.15) is 16.9 Å². The molecule has 0 aliphatic heterocycles. The normalized spacial score (nSPS) is 14.1. The van der Waals surface area contributed by atoms with Crippen molar-refractivity contribution in [3.63, 3.8) is 0 Å². The molecule has 0 saturated heterocycles. The first kappa shape index (κ1) is 23.6. The average Bonchev–Trinajstić information content (AvgIpc) is 3.73. The van der Waals surface area contributed by atoms with Gasteiger partial charge in [-0.2, -0.15) is 5.10 Å². The number of nitrogens with one attached hydrogen (secondary N) is 3. The van der Waals surface area contributed by atoms with Gasteiger partial charge in [0.25, 0.3) is 0 Å². The van der Waals surface area contributed by atoms with Crippen LogP contribution in [0.5, 0.6) is 0 Å². The molecule has 8 nitrogen and oxygen atoms in total. The first-order valence-corrected chi connectivity index (χ1v) is 13.3. The number of benzene rings is 1. The minimum atomic E-state index is -0.280. The molecular formula is C30H27FN8. The summed E-state index contributed by atoms with van der Waals surface area (Å²) in [5.74, 6) is 1.08. The molecule has 1 aliphatic rings. The molecule has 0 radical (unpaired) electrons. The molecule has 1 aliphatic carbocycles. The number of fused-ring (bicyclic) bond motifs is 2. The van der Waals surface area contributed by atoms with E-state index in [9.17, 15) is 4.39 Å². The molecule has 1 fully saturated rings. The minimum absolute atomic E-state index is 0.280. The molecule has 39 heavy (non-hydrogen) atoms. The van der Waals surface area contributed by atoms with Crippen LogP contribution in [0.4, 0.5) is 4.39 Å². The molecule has 9 heteroatoms. The number of H-pyrrole nitrogens is 2. The third-order valence-corrected chi connectivity index (χ3v) is 7.50. The maximum Gasteiger partial charge on any atom is 0.162 e. The van der Waals surface area contributed by atoms with Crippen LogP contribution in [0.15, 0.2) is 67.1 Å². The van der Waals surface area contributed by atoms with E-state index in [0.717, 1.165) is 52.5 Å². The number of hydrogen-bond donors (Lipinski definition) is 3. The van der Waals surface area contributed by atoms with E-state index in [1.807, 2.05) is 30.6 Å². The van der Waals surface area contributed by atoms with Crippen LogP contribution >= 0.6 is 0 Å². The lowest BCUT2D eigenvalue weighted by Crippen LogP contribution is -2.20. The summed E-state index contributed by atoms with van der Waals surface area (Å²) >= 11 is 0. The fourth-order valence-electron chi connectivity index (χ4n) is 5.47. The average molecular weight is 519 g/mol. The van der Waals surface area contributed by atoms with Crippen LogP contribution in [0.25, 0.3) is 56.1 Å². The van der Waals surface area contributed by atoms with E-state index < -0.39 is 0 Å². The third-order valence-electron chi connectivity index (χ3n) is 7.50. The summed E-state index contributed by atoms with van der Waals surface area (Å²) in [7, 11) is 0. The third kappa shape index (κ3) is 4.66. The molecule has 0 bridgehead atoms. The van der Waals surface area contributed by atoms with Crippen LogP contribution in [0.2, 0.25) is 0 Å². The lowest BCUT2D eigenvalue weighted by atomic mass is 10.1. The number of halogens is 1. The molecule has 3 N–H and O–H groups in total. The van der Waals surface area contributed by atoms with Crippen molar-refractivity contribution in [2.45, 2.75) is 32.2 Å². The number of aromatic amines is 2. The van der Waals surface area contributed by atoms with Gasteiger partial charge in [-0.3, -0.25) is 10.1 Å². The monoisotopic (exact) mass is 518 g/mol. The molecule has 0 spiro atoms. The van der Waals surface area contributed by atoms with Gasteiger partial charge in [-0.25, -0.2) is 19.3 Å². The molecule has 1 saturated carbocycles. The highest BCUT2D eigenvalue weighted by Gasteiger charge is 2.18. The van der Waals surface area contributed by atoms with Gasteiger partial charge < -0.3 is 10.3 Å². The van der Waals surface area contributed by atoms with E-state index in [1.165, 1.54) is 37.8 Å². The molecule has 194 valence electrons. The van der Waals surface area contributed by atoms with Crippen molar-refractivity contribution in [2.75, 3.05) is 6.54 Å². The van der Waals surface area contributed by atoms with Gasteiger partial charge in [0.15, 0.2) is 17.2 Å². The highest BCUT2D eigenvalue weighted by molar-refractivity contribution is 5.94. The number of nitrogens with zero attached hydrogens (tertiary/aromatic N) is 5. The topological polar surface area (TPSA) is 108 Å². The zero-order valence-electron chi connectivity index (χ0n) is 21.3. The summed E-state index contributed by atoms with van der Waals surface area (Å²) in [6.07, 6.45) is 10.8. The molecule has 0 atom stereocenters. The fourth-order valence-corrected chi connectivity index (χ4v) is 5.47. The summed E-state index contributed by atoms with van der Waals surface area (Å²) in [6, 6.07) is 14.3. The number of aromatic nitrogens is 7. The van der Waals surface area contributed by atoms with Crippen molar-refractivity contribution >= 4 is 22.2 Å². The smallest absolute Gasteiger partial charge is 0.162 e. The Hall–Kier alpha value is -4.50. The van der Waals surface area contributed by atoms with Gasteiger partial charge in [-0.1, -0.05) is 25.0 Å². The zero-order chi connectivity index (χ0) is 26.2. The van der Waals surface area contributed by atoms with Crippen LogP contribution in [0.3, 0.4) is 0 Å². The standard InChI is InChI=1S/C30H27FN8/c31-22-7-5-20(6-8-22)23-11-12-34-29-26(23)36-30(37-29)28-27-25(38-39-28)10-9-24(35-27)21-13-19(16-33-17-21)15-32-14-18-3-1-2-4-18/h5-13,16-18,32H,1-4,14-15H2,(H,38,39)(H,34,36,37). The summed E-state index contributed by atoms with van der Waals surface area (Å²) < 4.78 is 13.5. The second kappa shape index (κ2) is 9.99. The largest absolute Gasteiger partial charge is 0.321 e. The number of hydrogen-bond acceptors (Lipinski definition) is 6. The summed E-state index contributed by atoms with van der Waals surface area (Å²) in [4.78, 5) is 22.0. The quantitative estimate of drug-likeness (QED) is 0.238. The zero-order valence-corrected chi connectivity index (χ0v) is 21.3. The maximum absolute atomic E-state index is 13.5. The molecule has 7 rings (SSSR count). The van der Waals surface area contributed by atoms with E-state index in [2.05, 4.69) is 36.5 Å². The van der Waals surface area contributed by atoms with Crippen molar-refractivity contribution in [2.24, 2.45) is 5.92 Å². The Morgan fingerprint density at radius 2 is 1.79 bits per heavy atom. The number of pyridine rings is 3. The van der Waals surface area contributed by atoms with Crippen molar-refractivity contribution in [1.29, 1.82) is 0 Å². The van der Waals surface area contributed by atoms with Crippen molar-refractivity contribution in [3.8, 4) is 33.9 Å². The van der Waals surface area contributed by atoms with E-state index in [-0.39, 0.29) is 5.82 Å². The van der Waals surface area contributed by atoms with Crippen LogP contribution < -0.4 is 5.32 Å². The Kier molecular flexibility index (Phi) is 6.05. The highest BCUT2D eigenvalue weighted by Crippen LogP contribution is 2.31. The molecule has 5 heterocycles. The van der Waals surface area contributed by atoms with Crippen LogP contribution in [0, 0.1) is 11.7 Å². The maximum atomic E-state index is 13.5.